The fourth-order valence-corrected chi connectivity index (χ4v) is 2.33. The third-order valence-electron chi connectivity index (χ3n) is 3.37. The van der Waals surface area contributed by atoms with E-state index in [1.807, 2.05) is 25.1 Å². The van der Waals surface area contributed by atoms with E-state index in [1.54, 1.807) is 7.11 Å². The van der Waals surface area contributed by atoms with Gasteiger partial charge >= 0.3 is 0 Å². The van der Waals surface area contributed by atoms with Crippen LogP contribution in [0.2, 0.25) is 0 Å². The van der Waals surface area contributed by atoms with Gasteiger partial charge in [0.25, 0.3) is 0 Å². The van der Waals surface area contributed by atoms with Crippen LogP contribution in [0.4, 0.5) is 0 Å². The lowest BCUT2D eigenvalue weighted by molar-refractivity contribution is -0.120. The van der Waals surface area contributed by atoms with Gasteiger partial charge in [-0.1, -0.05) is 12.1 Å². The van der Waals surface area contributed by atoms with Crippen LogP contribution in [0.1, 0.15) is 24.0 Å². The Bertz CT molecular complexity index is 439. The molecule has 1 aliphatic rings. The van der Waals surface area contributed by atoms with Gasteiger partial charge in [-0.25, -0.2) is 0 Å². The molecule has 1 aromatic carbocycles. The zero-order valence-corrected chi connectivity index (χ0v) is 11.6. The SMILES string of the molecule is COc1ccc(CC(=O)NCC2CCCO2)cc1C. The largest absolute Gasteiger partial charge is 0.496 e. The molecule has 0 spiro atoms. The summed E-state index contributed by atoms with van der Waals surface area (Å²) in [6.45, 7) is 3.42. The van der Waals surface area contributed by atoms with Crippen LogP contribution in [0.15, 0.2) is 18.2 Å². The summed E-state index contributed by atoms with van der Waals surface area (Å²) in [6, 6.07) is 5.82. The number of methoxy groups -OCH3 is 1. The molecular formula is C15H21NO3. The van der Waals surface area contributed by atoms with Gasteiger partial charge in [-0.3, -0.25) is 4.79 Å². The first-order valence-electron chi connectivity index (χ1n) is 6.71. The van der Waals surface area contributed by atoms with Crippen LogP contribution in [-0.4, -0.2) is 32.3 Å². The Balaban J connectivity index is 1.82. The summed E-state index contributed by atoms with van der Waals surface area (Å²) >= 11 is 0. The lowest BCUT2D eigenvalue weighted by Gasteiger charge is -2.11. The number of carbonyl (C=O) groups excluding carboxylic acids is 1. The number of benzene rings is 1. The monoisotopic (exact) mass is 263 g/mol. The minimum atomic E-state index is 0.0417. The number of ether oxygens (including phenoxy) is 2. The van der Waals surface area contributed by atoms with Crippen molar-refractivity contribution >= 4 is 5.91 Å². The third-order valence-corrected chi connectivity index (χ3v) is 3.37. The highest BCUT2D eigenvalue weighted by atomic mass is 16.5. The second kappa shape index (κ2) is 6.57. The summed E-state index contributed by atoms with van der Waals surface area (Å²) in [5.41, 5.74) is 2.05. The van der Waals surface area contributed by atoms with Crippen LogP contribution in [0.25, 0.3) is 0 Å². The Morgan fingerprint density at radius 1 is 1.53 bits per heavy atom. The molecule has 0 saturated carbocycles. The van der Waals surface area contributed by atoms with E-state index >= 15 is 0 Å². The van der Waals surface area contributed by atoms with Crippen molar-refractivity contribution in [3.05, 3.63) is 29.3 Å². The van der Waals surface area contributed by atoms with Gasteiger partial charge in [0.1, 0.15) is 5.75 Å². The fourth-order valence-electron chi connectivity index (χ4n) is 2.33. The van der Waals surface area contributed by atoms with Crippen LogP contribution in [-0.2, 0) is 16.0 Å². The molecule has 104 valence electrons. The first-order valence-corrected chi connectivity index (χ1v) is 6.71. The minimum Gasteiger partial charge on any atom is -0.496 e. The van der Waals surface area contributed by atoms with Gasteiger partial charge in [0.15, 0.2) is 0 Å². The molecule has 1 unspecified atom stereocenters. The maximum atomic E-state index is 11.8. The van der Waals surface area contributed by atoms with E-state index in [0.29, 0.717) is 13.0 Å². The van der Waals surface area contributed by atoms with E-state index in [2.05, 4.69) is 5.32 Å². The van der Waals surface area contributed by atoms with Crippen molar-refractivity contribution < 1.29 is 14.3 Å². The standard InChI is InChI=1S/C15H21NO3/c1-11-8-12(5-6-14(11)18-2)9-15(17)16-10-13-4-3-7-19-13/h5-6,8,13H,3-4,7,9-10H2,1-2H3,(H,16,17). The van der Waals surface area contributed by atoms with Crippen molar-refractivity contribution in [1.82, 2.24) is 5.32 Å². The molecule has 0 aliphatic carbocycles. The van der Waals surface area contributed by atoms with E-state index < -0.39 is 0 Å². The van der Waals surface area contributed by atoms with Crippen LogP contribution >= 0.6 is 0 Å². The maximum Gasteiger partial charge on any atom is 0.224 e. The van der Waals surface area contributed by atoms with Gasteiger partial charge in [0, 0.05) is 13.2 Å². The van der Waals surface area contributed by atoms with Gasteiger partial charge in [0.05, 0.1) is 19.6 Å². The van der Waals surface area contributed by atoms with E-state index in [-0.39, 0.29) is 12.0 Å². The molecule has 1 amide bonds. The second-order valence-corrected chi connectivity index (χ2v) is 4.92. The summed E-state index contributed by atoms with van der Waals surface area (Å²) in [7, 11) is 1.65. The van der Waals surface area contributed by atoms with Crippen molar-refractivity contribution in [2.75, 3.05) is 20.3 Å². The number of rotatable bonds is 5. The molecule has 1 atom stereocenters. The fraction of sp³-hybridized carbons (Fsp3) is 0.533. The molecule has 4 heteroatoms. The third kappa shape index (κ3) is 3.96. The average Bonchev–Trinajstić information content (AvgIpc) is 2.90. The first kappa shape index (κ1) is 13.9. The Morgan fingerprint density at radius 3 is 3.00 bits per heavy atom. The molecule has 1 N–H and O–H groups in total. The number of hydrogen-bond donors (Lipinski definition) is 1. The van der Waals surface area contributed by atoms with Crippen LogP contribution in [0, 0.1) is 6.92 Å². The summed E-state index contributed by atoms with van der Waals surface area (Å²) in [5.74, 6) is 0.892. The van der Waals surface area contributed by atoms with Crippen molar-refractivity contribution in [3.8, 4) is 5.75 Å². The van der Waals surface area contributed by atoms with E-state index in [4.69, 9.17) is 9.47 Å². The van der Waals surface area contributed by atoms with Gasteiger partial charge in [-0.05, 0) is 37.0 Å². The summed E-state index contributed by atoms with van der Waals surface area (Å²) in [5, 5.41) is 2.93. The Hall–Kier alpha value is -1.55. The molecule has 1 saturated heterocycles. The normalized spacial score (nSPS) is 18.3. The van der Waals surface area contributed by atoms with Crippen molar-refractivity contribution in [3.63, 3.8) is 0 Å². The lowest BCUT2D eigenvalue weighted by atomic mass is 10.1. The molecule has 4 nitrogen and oxygen atoms in total. The molecule has 19 heavy (non-hydrogen) atoms. The summed E-state index contributed by atoms with van der Waals surface area (Å²) < 4.78 is 10.7. The maximum absolute atomic E-state index is 11.8. The molecule has 1 heterocycles. The van der Waals surface area contributed by atoms with E-state index in [1.165, 1.54) is 0 Å². The molecular weight excluding hydrogens is 242 g/mol. The average molecular weight is 263 g/mol. The zero-order chi connectivity index (χ0) is 13.7. The van der Waals surface area contributed by atoms with Gasteiger partial charge in [-0.2, -0.15) is 0 Å². The Labute approximate surface area is 114 Å². The Kier molecular flexibility index (Phi) is 4.80. The van der Waals surface area contributed by atoms with E-state index in [9.17, 15) is 4.79 Å². The number of carbonyl (C=O) groups is 1. The first-order chi connectivity index (χ1) is 9.19. The number of aryl methyl sites for hydroxylation is 1. The quantitative estimate of drug-likeness (QED) is 0.882. The van der Waals surface area contributed by atoms with Crippen LogP contribution in [0.3, 0.4) is 0 Å². The van der Waals surface area contributed by atoms with E-state index in [0.717, 1.165) is 36.3 Å². The minimum absolute atomic E-state index is 0.0417. The second-order valence-electron chi connectivity index (χ2n) is 4.92. The van der Waals surface area contributed by atoms with Gasteiger partial charge in [0.2, 0.25) is 5.91 Å². The molecule has 1 aromatic rings. The number of amides is 1. The molecule has 0 aromatic heterocycles. The predicted molar refractivity (Wildman–Crippen MR) is 73.4 cm³/mol. The van der Waals surface area contributed by atoms with Crippen molar-refractivity contribution in [1.29, 1.82) is 0 Å². The number of nitrogens with one attached hydrogen (secondary N) is 1. The molecule has 2 rings (SSSR count). The Morgan fingerprint density at radius 2 is 2.37 bits per heavy atom. The lowest BCUT2D eigenvalue weighted by Crippen LogP contribution is -2.32. The summed E-state index contributed by atoms with van der Waals surface area (Å²) in [6.07, 6.45) is 2.74. The number of hydrogen-bond acceptors (Lipinski definition) is 3. The highest BCUT2D eigenvalue weighted by Gasteiger charge is 2.16. The summed E-state index contributed by atoms with van der Waals surface area (Å²) in [4.78, 5) is 11.8. The van der Waals surface area contributed by atoms with Crippen molar-refractivity contribution in [2.45, 2.75) is 32.3 Å². The smallest absolute Gasteiger partial charge is 0.224 e. The highest BCUT2D eigenvalue weighted by molar-refractivity contribution is 5.78. The zero-order valence-electron chi connectivity index (χ0n) is 11.6. The van der Waals surface area contributed by atoms with Gasteiger partial charge in [-0.15, -0.1) is 0 Å². The van der Waals surface area contributed by atoms with Crippen molar-refractivity contribution in [2.24, 2.45) is 0 Å². The topological polar surface area (TPSA) is 47.6 Å². The molecule has 1 aliphatic heterocycles. The van der Waals surface area contributed by atoms with Crippen LogP contribution < -0.4 is 10.1 Å². The van der Waals surface area contributed by atoms with Crippen LogP contribution in [0.5, 0.6) is 5.75 Å². The molecule has 0 radical (unpaired) electrons. The molecule has 0 bridgehead atoms. The molecule has 1 fully saturated rings. The predicted octanol–water partition coefficient (Wildman–Crippen LogP) is 1.84. The highest BCUT2D eigenvalue weighted by Crippen LogP contribution is 2.18. The van der Waals surface area contributed by atoms with Gasteiger partial charge < -0.3 is 14.8 Å².